The molecule has 2 aromatic carbocycles. The number of fused-ring (bicyclic) bond motifs is 1. The smallest absolute Gasteiger partial charge is 0.319 e. The molecule has 3 N–H and O–H groups in total. The summed E-state index contributed by atoms with van der Waals surface area (Å²) in [6.45, 7) is 2.50. The number of aliphatic hydroxyl groups excluding tert-OH is 1. The van der Waals surface area contributed by atoms with Gasteiger partial charge in [0.15, 0.2) is 0 Å². The molecule has 38 heavy (non-hydrogen) atoms. The van der Waals surface area contributed by atoms with Gasteiger partial charge in [0.1, 0.15) is 11.5 Å². The number of carbonyl (C=O) groups excluding carboxylic acids is 1. The highest BCUT2D eigenvalue weighted by Crippen LogP contribution is 2.44. The number of likely N-dealkylation sites (tertiary alicyclic amines) is 1. The lowest BCUT2D eigenvalue weighted by atomic mass is 9.85. The summed E-state index contributed by atoms with van der Waals surface area (Å²) in [4.78, 5) is 19.7. The third kappa shape index (κ3) is 5.94. The van der Waals surface area contributed by atoms with Gasteiger partial charge < -0.3 is 20.5 Å². The number of pyridine rings is 1. The Balaban J connectivity index is 1.11. The molecule has 3 aromatic rings. The normalized spacial score (nSPS) is 22.8. The Hall–Kier alpha value is -3.16. The quantitative estimate of drug-likeness (QED) is 0.356. The molecule has 2 heterocycles. The lowest BCUT2D eigenvalue weighted by Crippen LogP contribution is -2.35. The number of hydrogen-bond donors (Lipinski definition) is 3. The zero-order chi connectivity index (χ0) is 25.9. The number of aliphatic hydroxyl groups is 1. The van der Waals surface area contributed by atoms with Crippen molar-refractivity contribution in [1.82, 2.24) is 15.2 Å². The van der Waals surface area contributed by atoms with Crippen molar-refractivity contribution in [1.29, 1.82) is 0 Å². The Morgan fingerprint density at radius 3 is 2.61 bits per heavy atom. The number of carbonyl (C=O) groups is 1. The molecule has 6 rings (SSSR count). The predicted molar refractivity (Wildman–Crippen MR) is 149 cm³/mol. The fraction of sp³-hybridized carbons (Fsp3) is 0.484. The van der Waals surface area contributed by atoms with Crippen LogP contribution in [0.2, 0.25) is 0 Å². The van der Waals surface area contributed by atoms with Gasteiger partial charge in [0.25, 0.3) is 0 Å². The number of hydrogen-bond acceptors (Lipinski definition) is 5. The molecular weight excluding hydrogens is 476 g/mol. The molecule has 2 atom stereocenters. The molecule has 1 saturated heterocycles. The van der Waals surface area contributed by atoms with Crippen LogP contribution in [0, 0.1) is 11.8 Å². The molecular formula is C31H38N4O3. The molecule has 2 aliphatic carbocycles. The molecule has 0 radical (unpaired) electrons. The number of nitrogens with one attached hydrogen (secondary N) is 2. The minimum atomic E-state index is -0.183. The van der Waals surface area contributed by atoms with Gasteiger partial charge in [-0.3, -0.25) is 9.88 Å². The Labute approximate surface area is 224 Å². The second-order valence-corrected chi connectivity index (χ2v) is 11.3. The largest absolute Gasteiger partial charge is 0.457 e. The number of aromatic nitrogens is 1. The van der Waals surface area contributed by atoms with Crippen LogP contribution in [0.1, 0.15) is 57.1 Å². The first-order valence-corrected chi connectivity index (χ1v) is 14.2. The summed E-state index contributed by atoms with van der Waals surface area (Å²) in [5, 5.41) is 18.0. The third-order valence-corrected chi connectivity index (χ3v) is 8.50. The standard InChI is InChI=1S/C31H38N4O3/c36-23-13-16-35(17-14-23)20-22-18-24(12-15-32-22)38-30-11-10-28(25-8-4-5-9-26(25)30)33-31(37)34-29-19-27(29)21-6-2-1-3-7-21/h4-5,8-12,15,18,21,23,27,29,36H,1-3,6-7,13-14,16-17,19-20H2,(H2,33,34,37). The average Bonchev–Trinajstić information content (AvgIpc) is 3.71. The van der Waals surface area contributed by atoms with Crippen molar-refractivity contribution in [3.63, 3.8) is 0 Å². The van der Waals surface area contributed by atoms with Gasteiger partial charge in [0.2, 0.25) is 0 Å². The van der Waals surface area contributed by atoms with Gasteiger partial charge >= 0.3 is 6.03 Å². The topological polar surface area (TPSA) is 86.7 Å². The number of anilines is 1. The fourth-order valence-electron chi connectivity index (χ4n) is 6.30. The minimum absolute atomic E-state index is 0.129. The Bertz CT molecular complexity index is 1270. The Morgan fingerprint density at radius 2 is 1.79 bits per heavy atom. The lowest BCUT2D eigenvalue weighted by Gasteiger charge is -2.29. The van der Waals surface area contributed by atoms with Crippen LogP contribution < -0.4 is 15.4 Å². The Kier molecular flexibility index (Phi) is 7.47. The van der Waals surface area contributed by atoms with E-state index in [0.29, 0.717) is 12.0 Å². The maximum absolute atomic E-state index is 12.9. The monoisotopic (exact) mass is 514 g/mol. The van der Waals surface area contributed by atoms with Crippen LogP contribution >= 0.6 is 0 Å². The Morgan fingerprint density at radius 1 is 1.00 bits per heavy atom. The number of ether oxygens (including phenoxy) is 1. The summed E-state index contributed by atoms with van der Waals surface area (Å²) in [6, 6.07) is 15.9. The SMILES string of the molecule is O=C(Nc1ccc(Oc2ccnc(CN3CCC(O)CC3)c2)c2ccccc12)NC1CC1C1CCCCC1. The number of amides is 2. The molecule has 0 spiro atoms. The first kappa shape index (κ1) is 25.1. The van der Waals surface area contributed by atoms with Crippen LogP contribution in [0.15, 0.2) is 54.7 Å². The van der Waals surface area contributed by atoms with Crippen LogP contribution in [0.5, 0.6) is 11.5 Å². The number of benzene rings is 2. The molecule has 7 heteroatoms. The molecule has 3 aliphatic rings. The maximum Gasteiger partial charge on any atom is 0.319 e. The number of urea groups is 1. The second kappa shape index (κ2) is 11.3. The zero-order valence-electron chi connectivity index (χ0n) is 21.9. The van der Waals surface area contributed by atoms with Gasteiger partial charge in [0.05, 0.1) is 17.5 Å². The van der Waals surface area contributed by atoms with E-state index in [2.05, 4.69) is 20.5 Å². The van der Waals surface area contributed by atoms with Gasteiger partial charge in [-0.25, -0.2) is 4.79 Å². The highest BCUT2D eigenvalue weighted by atomic mass is 16.5. The minimum Gasteiger partial charge on any atom is -0.457 e. The molecule has 2 unspecified atom stereocenters. The number of piperidine rings is 1. The van der Waals surface area contributed by atoms with E-state index in [0.717, 1.165) is 78.5 Å². The maximum atomic E-state index is 12.9. The van der Waals surface area contributed by atoms with Gasteiger partial charge in [-0.15, -0.1) is 0 Å². The van der Waals surface area contributed by atoms with Gasteiger partial charge in [-0.1, -0.05) is 56.4 Å². The molecule has 200 valence electrons. The van der Waals surface area contributed by atoms with E-state index >= 15 is 0 Å². The first-order chi connectivity index (χ1) is 18.6. The summed E-state index contributed by atoms with van der Waals surface area (Å²) in [7, 11) is 0. The summed E-state index contributed by atoms with van der Waals surface area (Å²) in [5.41, 5.74) is 1.73. The highest BCUT2D eigenvalue weighted by molar-refractivity contribution is 6.04. The van der Waals surface area contributed by atoms with Crippen LogP contribution in [-0.2, 0) is 6.54 Å². The first-order valence-electron chi connectivity index (χ1n) is 14.2. The molecule has 1 aliphatic heterocycles. The molecule has 2 saturated carbocycles. The summed E-state index contributed by atoms with van der Waals surface area (Å²) >= 11 is 0. The van der Waals surface area contributed by atoms with Gasteiger partial charge in [-0.05, 0) is 49.3 Å². The van der Waals surface area contributed by atoms with Crippen LogP contribution in [0.3, 0.4) is 0 Å². The van der Waals surface area contributed by atoms with E-state index in [1.54, 1.807) is 6.20 Å². The van der Waals surface area contributed by atoms with Crippen LogP contribution in [0.4, 0.5) is 10.5 Å². The van der Waals surface area contributed by atoms with Crippen LogP contribution in [0.25, 0.3) is 10.8 Å². The highest BCUT2D eigenvalue weighted by Gasteiger charge is 2.43. The summed E-state index contributed by atoms with van der Waals surface area (Å²) < 4.78 is 6.33. The van der Waals surface area contributed by atoms with E-state index in [4.69, 9.17) is 4.74 Å². The van der Waals surface area contributed by atoms with Crippen molar-refractivity contribution in [3.8, 4) is 11.5 Å². The van der Waals surface area contributed by atoms with E-state index in [1.165, 1.54) is 32.1 Å². The predicted octanol–water partition coefficient (Wildman–Crippen LogP) is 6.07. The average molecular weight is 515 g/mol. The van der Waals surface area contributed by atoms with E-state index in [-0.39, 0.29) is 12.1 Å². The second-order valence-electron chi connectivity index (χ2n) is 11.3. The molecule has 2 amide bonds. The van der Waals surface area contributed by atoms with Crippen molar-refractivity contribution < 1.29 is 14.6 Å². The van der Waals surface area contributed by atoms with Gasteiger partial charge in [-0.2, -0.15) is 0 Å². The summed E-state index contributed by atoms with van der Waals surface area (Å²) in [5.74, 6) is 2.91. The van der Waals surface area contributed by atoms with E-state index in [9.17, 15) is 9.90 Å². The van der Waals surface area contributed by atoms with E-state index in [1.807, 2.05) is 48.5 Å². The lowest BCUT2D eigenvalue weighted by molar-refractivity contribution is 0.0786. The number of nitrogens with zero attached hydrogens (tertiary/aromatic N) is 2. The fourth-order valence-corrected chi connectivity index (χ4v) is 6.30. The van der Waals surface area contributed by atoms with Crippen molar-refractivity contribution >= 4 is 22.5 Å². The van der Waals surface area contributed by atoms with Crippen molar-refractivity contribution in [3.05, 3.63) is 60.4 Å². The molecule has 3 fully saturated rings. The molecule has 7 nitrogen and oxygen atoms in total. The van der Waals surface area contributed by atoms with Crippen molar-refractivity contribution in [2.45, 2.75) is 70.1 Å². The zero-order valence-corrected chi connectivity index (χ0v) is 21.9. The van der Waals surface area contributed by atoms with E-state index < -0.39 is 0 Å². The van der Waals surface area contributed by atoms with Crippen LogP contribution in [-0.4, -0.2) is 46.3 Å². The van der Waals surface area contributed by atoms with Crippen molar-refractivity contribution in [2.75, 3.05) is 18.4 Å². The molecule has 1 aromatic heterocycles. The third-order valence-electron chi connectivity index (χ3n) is 8.50. The van der Waals surface area contributed by atoms with Crippen molar-refractivity contribution in [2.24, 2.45) is 11.8 Å². The number of rotatable bonds is 7. The summed E-state index contributed by atoms with van der Waals surface area (Å²) in [6.07, 6.45) is 11.0. The molecule has 0 bridgehead atoms. The van der Waals surface area contributed by atoms with Gasteiger partial charge in [0, 0.05) is 48.7 Å².